The number of amides is 3. The van der Waals surface area contributed by atoms with E-state index in [2.05, 4.69) is 39.6 Å². The van der Waals surface area contributed by atoms with Gasteiger partial charge in [0.15, 0.2) is 0 Å². The second kappa shape index (κ2) is 8.36. The maximum absolute atomic E-state index is 12.6. The lowest BCUT2D eigenvalue weighted by molar-refractivity contribution is -0.118. The van der Waals surface area contributed by atoms with Crippen LogP contribution in [-0.4, -0.2) is 25.0 Å². The third kappa shape index (κ3) is 4.64. The van der Waals surface area contributed by atoms with Crippen molar-refractivity contribution in [2.45, 2.75) is 26.2 Å². The summed E-state index contributed by atoms with van der Waals surface area (Å²) in [5, 5.41) is 5.49. The summed E-state index contributed by atoms with van der Waals surface area (Å²) in [7, 11) is 0. The zero-order valence-electron chi connectivity index (χ0n) is 14.7. The van der Waals surface area contributed by atoms with E-state index in [-0.39, 0.29) is 18.4 Å². The molecule has 0 fully saturated rings. The molecule has 0 bridgehead atoms. The number of urea groups is 1. The van der Waals surface area contributed by atoms with Crippen molar-refractivity contribution in [3.05, 3.63) is 58.1 Å². The van der Waals surface area contributed by atoms with Gasteiger partial charge in [-0.25, -0.2) is 4.79 Å². The minimum absolute atomic E-state index is 0.0405. The minimum atomic E-state index is -0.310. The molecular weight excluding hydrogens is 394 g/mol. The summed E-state index contributed by atoms with van der Waals surface area (Å²) in [6, 6.07) is 13.2. The van der Waals surface area contributed by atoms with E-state index in [1.807, 2.05) is 41.3 Å². The normalized spacial score (nSPS) is 13.1. The smallest absolute Gasteiger partial charge is 0.319 e. The van der Waals surface area contributed by atoms with Gasteiger partial charge in [-0.1, -0.05) is 33.6 Å². The van der Waals surface area contributed by atoms with Crippen LogP contribution < -0.4 is 15.5 Å². The Balaban J connectivity index is 1.50. The lowest BCUT2D eigenvalue weighted by Crippen LogP contribution is -2.38. The number of nitrogens with zero attached hydrogens (tertiary/aromatic N) is 1. The van der Waals surface area contributed by atoms with E-state index in [9.17, 15) is 9.59 Å². The van der Waals surface area contributed by atoms with Gasteiger partial charge in [-0.2, -0.15) is 0 Å². The largest absolute Gasteiger partial charge is 0.337 e. The summed E-state index contributed by atoms with van der Waals surface area (Å²) in [5.41, 5.74) is 4.15. The maximum Gasteiger partial charge on any atom is 0.319 e. The Morgan fingerprint density at radius 1 is 1.15 bits per heavy atom. The number of hydrogen-bond acceptors (Lipinski definition) is 2. The van der Waals surface area contributed by atoms with Crippen molar-refractivity contribution in [1.29, 1.82) is 0 Å². The fourth-order valence-corrected chi connectivity index (χ4v) is 3.38. The number of benzene rings is 2. The highest BCUT2D eigenvalue weighted by molar-refractivity contribution is 9.10. The Hall–Kier alpha value is -2.34. The van der Waals surface area contributed by atoms with Crippen LogP contribution in [0.3, 0.4) is 0 Å². The highest BCUT2D eigenvalue weighted by Crippen LogP contribution is 2.28. The highest BCUT2D eigenvalue weighted by Gasteiger charge is 2.22. The SMILES string of the molecule is Cc1ccc2c(c1)CCCN2C(=O)CCNC(=O)Nc1ccc(Br)cc1. The Bertz CT molecular complexity index is 805. The Morgan fingerprint density at radius 3 is 2.69 bits per heavy atom. The van der Waals surface area contributed by atoms with Crippen LogP contribution in [0, 0.1) is 6.92 Å². The number of anilines is 2. The molecule has 2 N–H and O–H groups in total. The van der Waals surface area contributed by atoms with Gasteiger partial charge in [-0.3, -0.25) is 4.79 Å². The third-order valence-electron chi connectivity index (χ3n) is 4.38. The second-order valence-corrected chi connectivity index (χ2v) is 7.33. The number of hydrogen-bond donors (Lipinski definition) is 2. The van der Waals surface area contributed by atoms with E-state index in [4.69, 9.17) is 0 Å². The summed E-state index contributed by atoms with van der Waals surface area (Å²) in [6.45, 7) is 3.11. The van der Waals surface area contributed by atoms with E-state index in [0.29, 0.717) is 12.2 Å². The molecule has 136 valence electrons. The number of rotatable bonds is 4. The van der Waals surface area contributed by atoms with Gasteiger partial charge in [0, 0.05) is 35.4 Å². The summed E-state index contributed by atoms with van der Waals surface area (Å²) < 4.78 is 0.950. The van der Waals surface area contributed by atoms with Crippen molar-refractivity contribution in [3.63, 3.8) is 0 Å². The fourth-order valence-electron chi connectivity index (χ4n) is 3.11. The Morgan fingerprint density at radius 2 is 1.92 bits per heavy atom. The molecule has 0 unspecified atom stereocenters. The van der Waals surface area contributed by atoms with Crippen molar-refractivity contribution in [1.82, 2.24) is 5.32 Å². The molecule has 1 aliphatic rings. The first-order valence-electron chi connectivity index (χ1n) is 8.73. The molecule has 5 nitrogen and oxygen atoms in total. The van der Waals surface area contributed by atoms with E-state index < -0.39 is 0 Å². The Kier molecular flexibility index (Phi) is 5.93. The standard InChI is InChI=1S/C20H22BrN3O2/c1-14-4-9-18-15(13-14)3-2-12-24(18)19(25)10-11-22-20(26)23-17-7-5-16(21)6-8-17/h4-9,13H,2-3,10-12H2,1H3,(H2,22,23,26). The van der Waals surface area contributed by atoms with Crippen molar-refractivity contribution in [2.75, 3.05) is 23.3 Å². The van der Waals surface area contributed by atoms with Gasteiger partial charge < -0.3 is 15.5 Å². The first-order valence-corrected chi connectivity index (χ1v) is 9.52. The molecule has 3 rings (SSSR count). The lowest BCUT2D eigenvalue weighted by Gasteiger charge is -2.30. The first kappa shape index (κ1) is 18.5. The van der Waals surface area contributed by atoms with Gasteiger partial charge in [-0.15, -0.1) is 0 Å². The van der Waals surface area contributed by atoms with Gasteiger partial charge in [0.25, 0.3) is 0 Å². The van der Waals surface area contributed by atoms with Crippen molar-refractivity contribution in [2.24, 2.45) is 0 Å². The van der Waals surface area contributed by atoms with Crippen LogP contribution in [0.25, 0.3) is 0 Å². The van der Waals surface area contributed by atoms with Gasteiger partial charge in [0.1, 0.15) is 0 Å². The second-order valence-electron chi connectivity index (χ2n) is 6.42. The maximum atomic E-state index is 12.6. The lowest BCUT2D eigenvalue weighted by atomic mass is 9.99. The van der Waals surface area contributed by atoms with E-state index in [0.717, 1.165) is 29.5 Å². The number of fused-ring (bicyclic) bond motifs is 1. The average Bonchev–Trinajstić information content (AvgIpc) is 2.62. The minimum Gasteiger partial charge on any atom is -0.337 e. The van der Waals surface area contributed by atoms with Gasteiger partial charge in [-0.05, 0) is 55.7 Å². The number of carbonyl (C=O) groups is 2. The molecule has 26 heavy (non-hydrogen) atoms. The molecule has 0 aliphatic carbocycles. The zero-order valence-corrected chi connectivity index (χ0v) is 16.3. The van der Waals surface area contributed by atoms with E-state index in [1.54, 1.807) is 0 Å². The molecule has 0 spiro atoms. The molecule has 0 radical (unpaired) electrons. The summed E-state index contributed by atoms with van der Waals surface area (Å²) in [5.74, 6) is 0.0405. The molecule has 1 aliphatic heterocycles. The number of halogens is 1. The quantitative estimate of drug-likeness (QED) is 0.783. The van der Waals surface area contributed by atoms with Gasteiger partial charge in [0.05, 0.1) is 0 Å². The van der Waals surface area contributed by atoms with E-state index >= 15 is 0 Å². The summed E-state index contributed by atoms with van der Waals surface area (Å²) in [4.78, 5) is 26.3. The van der Waals surface area contributed by atoms with Crippen LogP contribution in [0.5, 0.6) is 0 Å². The molecule has 2 aromatic rings. The van der Waals surface area contributed by atoms with Crippen LogP contribution in [0.1, 0.15) is 24.0 Å². The molecule has 0 aromatic heterocycles. The third-order valence-corrected chi connectivity index (χ3v) is 4.91. The topological polar surface area (TPSA) is 61.4 Å². The summed E-state index contributed by atoms with van der Waals surface area (Å²) >= 11 is 3.35. The van der Waals surface area contributed by atoms with Crippen LogP contribution in [0.15, 0.2) is 46.9 Å². The van der Waals surface area contributed by atoms with Crippen LogP contribution >= 0.6 is 15.9 Å². The predicted molar refractivity (Wildman–Crippen MR) is 108 cm³/mol. The van der Waals surface area contributed by atoms with Crippen LogP contribution in [-0.2, 0) is 11.2 Å². The molecule has 0 saturated heterocycles. The van der Waals surface area contributed by atoms with Crippen LogP contribution in [0.4, 0.5) is 16.2 Å². The first-order chi connectivity index (χ1) is 12.5. The summed E-state index contributed by atoms with van der Waals surface area (Å²) in [6.07, 6.45) is 2.26. The Labute approximate surface area is 161 Å². The molecule has 0 saturated carbocycles. The molecule has 3 amide bonds. The monoisotopic (exact) mass is 415 g/mol. The predicted octanol–water partition coefficient (Wildman–Crippen LogP) is 4.25. The van der Waals surface area contributed by atoms with Gasteiger partial charge >= 0.3 is 6.03 Å². The molecular formula is C20H22BrN3O2. The number of carbonyl (C=O) groups excluding carboxylic acids is 2. The van der Waals surface area contributed by atoms with E-state index in [1.165, 1.54) is 11.1 Å². The molecule has 0 atom stereocenters. The molecule has 2 aromatic carbocycles. The highest BCUT2D eigenvalue weighted by atomic mass is 79.9. The average molecular weight is 416 g/mol. The van der Waals surface area contributed by atoms with Crippen LogP contribution in [0.2, 0.25) is 0 Å². The van der Waals surface area contributed by atoms with Crippen molar-refractivity contribution in [3.8, 4) is 0 Å². The fraction of sp³-hybridized carbons (Fsp3) is 0.300. The molecule has 6 heteroatoms. The number of aryl methyl sites for hydroxylation is 2. The van der Waals surface area contributed by atoms with Gasteiger partial charge in [0.2, 0.25) is 5.91 Å². The zero-order chi connectivity index (χ0) is 18.5. The molecule has 1 heterocycles. The van der Waals surface area contributed by atoms with Crippen molar-refractivity contribution < 1.29 is 9.59 Å². The number of nitrogens with one attached hydrogen (secondary N) is 2. The van der Waals surface area contributed by atoms with Crippen molar-refractivity contribution >= 4 is 39.2 Å².